The summed E-state index contributed by atoms with van der Waals surface area (Å²) in [6.07, 6.45) is 8.78. The lowest BCUT2D eigenvalue weighted by molar-refractivity contribution is -0.137. The molecule has 2 aliphatic heterocycles. The predicted molar refractivity (Wildman–Crippen MR) is 161 cm³/mol. The highest BCUT2D eigenvalue weighted by Gasteiger charge is 2.26. The zero-order chi connectivity index (χ0) is 30.5. The Morgan fingerprint density at radius 1 is 0.955 bits per heavy atom. The molecular weight excluding hydrogens is 590 g/mol. The first-order valence-corrected chi connectivity index (χ1v) is 16.8. The topological polar surface area (TPSA) is 158 Å². The zero-order valence-corrected chi connectivity index (χ0v) is 25.5. The number of fused-ring (bicyclic) bond motifs is 1. The first-order valence-electron chi connectivity index (χ1n) is 14.9. The van der Waals surface area contributed by atoms with Gasteiger partial charge in [0.1, 0.15) is 11.9 Å². The number of pyridine rings is 2. The van der Waals surface area contributed by atoms with Gasteiger partial charge in [-0.3, -0.25) is 9.78 Å². The molecular formula is C29H37N7O7S. The van der Waals surface area contributed by atoms with Gasteiger partial charge in [-0.1, -0.05) is 0 Å². The Hall–Kier alpha value is -3.82. The number of anilines is 2. The van der Waals surface area contributed by atoms with E-state index in [-0.39, 0.29) is 29.6 Å². The number of hydrogen-bond acceptors (Lipinski definition) is 13. The summed E-state index contributed by atoms with van der Waals surface area (Å²) in [5.74, 6) is 1.97. The van der Waals surface area contributed by atoms with Gasteiger partial charge in [-0.05, 0) is 31.7 Å². The van der Waals surface area contributed by atoms with E-state index in [1.54, 1.807) is 23.4 Å². The normalized spacial score (nSPS) is 21.2. The van der Waals surface area contributed by atoms with Gasteiger partial charge in [0.25, 0.3) is 5.91 Å². The van der Waals surface area contributed by atoms with Crippen molar-refractivity contribution in [1.29, 1.82) is 0 Å². The van der Waals surface area contributed by atoms with Gasteiger partial charge in [0.15, 0.2) is 22.2 Å². The average Bonchev–Trinajstić information content (AvgIpc) is 3.05. The van der Waals surface area contributed by atoms with Crippen LogP contribution in [-0.2, 0) is 24.1 Å². The Balaban J connectivity index is 1.06. The smallest absolute Gasteiger partial charge is 0.260 e. The monoisotopic (exact) mass is 627 g/mol. The van der Waals surface area contributed by atoms with Crippen LogP contribution in [0.25, 0.3) is 10.9 Å². The van der Waals surface area contributed by atoms with Crippen molar-refractivity contribution in [2.24, 2.45) is 0 Å². The maximum Gasteiger partial charge on any atom is 0.260 e. The molecule has 1 amide bonds. The van der Waals surface area contributed by atoms with Crippen LogP contribution in [0.3, 0.4) is 0 Å². The molecule has 0 aromatic carbocycles. The maximum absolute atomic E-state index is 12.3. The molecule has 0 radical (unpaired) electrons. The van der Waals surface area contributed by atoms with Crippen LogP contribution in [0.4, 0.5) is 11.8 Å². The minimum absolute atomic E-state index is 0.0642. The van der Waals surface area contributed by atoms with E-state index in [0.29, 0.717) is 81.1 Å². The van der Waals surface area contributed by atoms with Gasteiger partial charge < -0.3 is 34.1 Å². The SMILES string of the molecule is CS(=O)(=O)c1cnc2cc(N3CCOCC3)nc(OC3CCC(Nc4ncc(OCC(=O)N5CCOCC5)cn4)CC3)c2c1. The first kappa shape index (κ1) is 30.2. The number of morpholine rings is 2. The number of nitrogens with one attached hydrogen (secondary N) is 1. The fourth-order valence-electron chi connectivity index (χ4n) is 5.49. The second kappa shape index (κ2) is 13.4. The fraction of sp³-hybridized carbons (Fsp3) is 0.552. The first-order chi connectivity index (χ1) is 21.3. The third-order valence-electron chi connectivity index (χ3n) is 8.01. The standard InChI is InChI=1S/C29H37N7O7S/c1-44(38,39)23-14-24-25(30-18-23)15-26(35-6-10-40-11-7-35)34-28(24)43-21-4-2-20(3-5-21)33-29-31-16-22(17-32-29)42-19-27(37)36-8-12-41-13-9-36/h14-18,20-21H,2-13,19H2,1H3,(H,31,32,33). The van der Waals surface area contributed by atoms with Gasteiger partial charge in [-0.25, -0.2) is 18.4 Å². The van der Waals surface area contributed by atoms with Crippen LogP contribution in [0.1, 0.15) is 25.7 Å². The molecule has 0 unspecified atom stereocenters. The van der Waals surface area contributed by atoms with E-state index in [1.165, 1.54) is 6.20 Å². The van der Waals surface area contributed by atoms with Crippen LogP contribution in [0, 0.1) is 0 Å². The molecule has 15 heteroatoms. The molecule has 44 heavy (non-hydrogen) atoms. The van der Waals surface area contributed by atoms with Crippen LogP contribution >= 0.6 is 0 Å². The molecule has 6 rings (SSSR count). The van der Waals surface area contributed by atoms with Gasteiger partial charge in [-0.15, -0.1) is 0 Å². The fourth-order valence-corrected chi connectivity index (χ4v) is 6.06. The Morgan fingerprint density at radius 2 is 1.64 bits per heavy atom. The Bertz CT molecular complexity index is 1550. The highest BCUT2D eigenvalue weighted by Crippen LogP contribution is 2.32. The van der Waals surface area contributed by atoms with Crippen LogP contribution in [0.5, 0.6) is 11.6 Å². The maximum atomic E-state index is 12.3. The predicted octanol–water partition coefficient (Wildman–Crippen LogP) is 1.70. The van der Waals surface area contributed by atoms with Crippen molar-refractivity contribution >= 4 is 38.4 Å². The number of aromatic nitrogens is 4. The van der Waals surface area contributed by atoms with Crippen molar-refractivity contribution < 1.29 is 32.2 Å². The van der Waals surface area contributed by atoms with E-state index >= 15 is 0 Å². The number of carbonyl (C=O) groups is 1. The molecule has 3 aromatic heterocycles. The molecule has 5 heterocycles. The number of nitrogens with zero attached hydrogens (tertiary/aromatic N) is 6. The largest absolute Gasteiger partial charge is 0.481 e. The van der Waals surface area contributed by atoms with Crippen LogP contribution in [0.2, 0.25) is 0 Å². The molecule has 3 fully saturated rings. The minimum atomic E-state index is -3.45. The molecule has 236 valence electrons. The Kier molecular flexibility index (Phi) is 9.23. The lowest BCUT2D eigenvalue weighted by Crippen LogP contribution is -2.43. The van der Waals surface area contributed by atoms with Crippen molar-refractivity contribution in [2.45, 2.75) is 42.7 Å². The Morgan fingerprint density at radius 3 is 2.32 bits per heavy atom. The molecule has 3 aromatic rings. The molecule has 1 saturated carbocycles. The van der Waals surface area contributed by atoms with E-state index < -0.39 is 9.84 Å². The van der Waals surface area contributed by atoms with Gasteiger partial charge >= 0.3 is 0 Å². The van der Waals surface area contributed by atoms with Crippen molar-refractivity contribution in [2.75, 3.05) is 75.7 Å². The summed E-state index contributed by atoms with van der Waals surface area (Å²) in [5, 5.41) is 3.96. The van der Waals surface area contributed by atoms with Crippen molar-refractivity contribution in [3.8, 4) is 11.6 Å². The Labute approximate surface area is 256 Å². The van der Waals surface area contributed by atoms with E-state index in [9.17, 15) is 13.2 Å². The quantitative estimate of drug-likeness (QED) is 0.366. The van der Waals surface area contributed by atoms with Gasteiger partial charge in [-0.2, -0.15) is 4.98 Å². The van der Waals surface area contributed by atoms with Gasteiger partial charge in [0.05, 0.1) is 54.6 Å². The van der Waals surface area contributed by atoms with E-state index in [4.69, 9.17) is 23.9 Å². The highest BCUT2D eigenvalue weighted by molar-refractivity contribution is 7.90. The zero-order valence-electron chi connectivity index (χ0n) is 24.7. The van der Waals surface area contributed by atoms with Crippen molar-refractivity contribution in [3.63, 3.8) is 0 Å². The number of sulfone groups is 1. The second-order valence-corrected chi connectivity index (χ2v) is 13.2. The van der Waals surface area contributed by atoms with Gasteiger partial charge in [0.2, 0.25) is 11.8 Å². The third kappa shape index (κ3) is 7.45. The van der Waals surface area contributed by atoms with E-state index in [0.717, 1.165) is 37.8 Å². The molecule has 0 bridgehead atoms. The summed E-state index contributed by atoms with van der Waals surface area (Å²) in [7, 11) is -3.45. The average molecular weight is 628 g/mol. The number of hydrogen-bond donors (Lipinski definition) is 1. The van der Waals surface area contributed by atoms with Crippen molar-refractivity contribution in [3.05, 3.63) is 30.7 Å². The summed E-state index contributed by atoms with van der Waals surface area (Å²) in [6.45, 7) is 4.81. The summed E-state index contributed by atoms with van der Waals surface area (Å²) >= 11 is 0. The second-order valence-electron chi connectivity index (χ2n) is 11.2. The van der Waals surface area contributed by atoms with E-state index in [2.05, 4.69) is 25.2 Å². The molecule has 0 atom stereocenters. The molecule has 0 spiro atoms. The van der Waals surface area contributed by atoms with Crippen LogP contribution in [0.15, 0.2) is 35.6 Å². The van der Waals surface area contributed by atoms with Crippen LogP contribution in [-0.4, -0.2) is 117 Å². The number of amides is 1. The molecule has 1 N–H and O–H groups in total. The summed E-state index contributed by atoms with van der Waals surface area (Å²) in [4.78, 5) is 34.3. The number of ether oxygens (including phenoxy) is 4. The summed E-state index contributed by atoms with van der Waals surface area (Å²) in [5.41, 5.74) is 0.634. The number of carbonyl (C=O) groups excluding carboxylic acids is 1. The summed E-state index contributed by atoms with van der Waals surface area (Å²) < 4.78 is 47.3. The molecule has 3 aliphatic rings. The molecule has 14 nitrogen and oxygen atoms in total. The van der Waals surface area contributed by atoms with E-state index in [1.807, 2.05) is 6.07 Å². The lowest BCUT2D eigenvalue weighted by atomic mass is 9.93. The molecule has 2 saturated heterocycles. The summed E-state index contributed by atoms with van der Waals surface area (Å²) in [6, 6.07) is 3.63. The van der Waals surface area contributed by atoms with Gasteiger partial charge in [0, 0.05) is 50.7 Å². The molecule has 1 aliphatic carbocycles. The minimum Gasteiger partial charge on any atom is -0.481 e. The highest BCUT2D eigenvalue weighted by atomic mass is 32.2. The van der Waals surface area contributed by atoms with Crippen LogP contribution < -0.4 is 19.7 Å². The number of rotatable bonds is 9. The lowest BCUT2D eigenvalue weighted by Gasteiger charge is -2.31. The van der Waals surface area contributed by atoms with Crippen molar-refractivity contribution in [1.82, 2.24) is 24.8 Å². The third-order valence-corrected chi connectivity index (χ3v) is 9.09.